The van der Waals surface area contributed by atoms with E-state index in [2.05, 4.69) is 0 Å². The predicted octanol–water partition coefficient (Wildman–Crippen LogP) is 1.87. The molecule has 0 saturated carbocycles. The van der Waals surface area contributed by atoms with E-state index in [1.807, 2.05) is 0 Å². The summed E-state index contributed by atoms with van der Waals surface area (Å²) in [6.07, 6.45) is 0.0437. The lowest BCUT2D eigenvalue weighted by molar-refractivity contribution is -0.137. The molecule has 0 saturated heterocycles. The Balaban J connectivity index is 3.76. The average molecular weight is 233 g/mol. The summed E-state index contributed by atoms with van der Waals surface area (Å²) in [4.78, 5) is 21.4. The van der Waals surface area contributed by atoms with E-state index in [4.69, 9.17) is 9.84 Å². The molecule has 0 aliphatic carbocycles. The molecular weight excluding hydrogens is 214 g/mol. The number of nitrogens with zero attached hydrogens (tertiary/aromatic N) is 1. The molecule has 0 bridgehead atoms. The van der Waals surface area contributed by atoms with Gasteiger partial charge in [-0.2, -0.15) is 5.06 Å². The second-order valence-corrected chi connectivity index (χ2v) is 4.45. The lowest BCUT2D eigenvalue weighted by Gasteiger charge is -2.23. The molecule has 16 heavy (non-hydrogen) atoms. The Labute approximate surface area is 94.8 Å². The molecule has 0 aliphatic rings. The fourth-order valence-corrected chi connectivity index (χ4v) is 0.944. The Morgan fingerprint density at radius 1 is 1.25 bits per heavy atom. The second-order valence-electron chi connectivity index (χ2n) is 4.45. The van der Waals surface area contributed by atoms with Crippen LogP contribution in [0.4, 0.5) is 4.79 Å². The Morgan fingerprint density at radius 3 is 2.25 bits per heavy atom. The molecule has 1 amide bonds. The molecule has 0 heterocycles. The van der Waals surface area contributed by atoms with E-state index >= 15 is 0 Å². The van der Waals surface area contributed by atoms with E-state index < -0.39 is 17.7 Å². The smallest absolute Gasteiger partial charge is 0.434 e. The van der Waals surface area contributed by atoms with Crippen LogP contribution in [0.15, 0.2) is 0 Å². The fourth-order valence-electron chi connectivity index (χ4n) is 0.944. The van der Waals surface area contributed by atoms with Crippen molar-refractivity contribution in [2.45, 2.75) is 45.6 Å². The number of carboxylic acids is 1. The maximum atomic E-state index is 11.2. The van der Waals surface area contributed by atoms with Crippen LogP contribution < -0.4 is 0 Å². The van der Waals surface area contributed by atoms with Crippen LogP contribution in [0.3, 0.4) is 0 Å². The van der Waals surface area contributed by atoms with Gasteiger partial charge in [0.25, 0.3) is 0 Å². The molecule has 0 aliphatic heterocycles. The van der Waals surface area contributed by atoms with Crippen molar-refractivity contribution in [3.63, 3.8) is 0 Å². The molecule has 2 N–H and O–H groups in total. The Bertz CT molecular complexity index is 246. The van der Waals surface area contributed by atoms with E-state index in [0.717, 1.165) is 0 Å². The van der Waals surface area contributed by atoms with Crippen molar-refractivity contribution >= 4 is 12.1 Å². The summed E-state index contributed by atoms with van der Waals surface area (Å²) in [5.74, 6) is -0.887. The molecule has 0 aromatic heterocycles. The molecule has 0 aromatic rings. The number of rotatable bonds is 5. The Hall–Kier alpha value is -1.30. The van der Waals surface area contributed by atoms with Gasteiger partial charge in [0.05, 0.1) is 6.54 Å². The van der Waals surface area contributed by atoms with E-state index in [1.165, 1.54) is 0 Å². The van der Waals surface area contributed by atoms with Gasteiger partial charge in [0.2, 0.25) is 0 Å². The zero-order chi connectivity index (χ0) is 12.8. The summed E-state index contributed by atoms with van der Waals surface area (Å²) < 4.78 is 4.90. The lowest BCUT2D eigenvalue weighted by atomic mass is 10.2. The number of carboxylic acid groups (broad SMARTS) is 1. The number of amides is 1. The van der Waals surface area contributed by atoms with Gasteiger partial charge in [-0.3, -0.25) is 10.0 Å². The maximum Gasteiger partial charge on any atom is 0.434 e. The van der Waals surface area contributed by atoms with E-state index in [0.29, 0.717) is 17.9 Å². The molecule has 0 rings (SSSR count). The minimum atomic E-state index is -0.887. The number of hydrogen-bond acceptors (Lipinski definition) is 4. The third-order valence-electron chi connectivity index (χ3n) is 1.61. The van der Waals surface area contributed by atoms with Gasteiger partial charge in [0, 0.05) is 6.42 Å². The van der Waals surface area contributed by atoms with Crippen LogP contribution in [0.5, 0.6) is 0 Å². The van der Waals surface area contributed by atoms with E-state index in [-0.39, 0.29) is 13.0 Å². The zero-order valence-electron chi connectivity index (χ0n) is 9.89. The van der Waals surface area contributed by atoms with Gasteiger partial charge >= 0.3 is 12.1 Å². The second kappa shape index (κ2) is 6.32. The summed E-state index contributed by atoms with van der Waals surface area (Å²) in [5.41, 5.74) is -0.654. The summed E-state index contributed by atoms with van der Waals surface area (Å²) in [6.45, 7) is 5.16. The van der Waals surface area contributed by atoms with Gasteiger partial charge in [0.15, 0.2) is 0 Å². The summed E-state index contributed by atoms with van der Waals surface area (Å²) in [5, 5.41) is 18.1. The standard InChI is InChI=1S/C10H19NO5/c1-10(2,3)16-9(14)11(15)7-5-4-6-8(12)13/h15H,4-7H2,1-3H3,(H,12,13). The third-order valence-corrected chi connectivity index (χ3v) is 1.61. The number of carbonyl (C=O) groups excluding carboxylic acids is 1. The van der Waals surface area contributed by atoms with Crippen LogP contribution in [-0.2, 0) is 9.53 Å². The topological polar surface area (TPSA) is 87.1 Å². The van der Waals surface area contributed by atoms with Gasteiger partial charge in [-0.1, -0.05) is 0 Å². The summed E-state index contributed by atoms with van der Waals surface area (Å²) in [6, 6.07) is 0. The van der Waals surface area contributed by atoms with Crippen molar-refractivity contribution in [1.82, 2.24) is 5.06 Å². The highest BCUT2D eigenvalue weighted by Crippen LogP contribution is 2.09. The van der Waals surface area contributed by atoms with Crippen LogP contribution >= 0.6 is 0 Å². The molecule has 94 valence electrons. The molecule has 6 nitrogen and oxygen atoms in total. The number of ether oxygens (including phenoxy) is 1. The molecule has 0 fully saturated rings. The number of hydrogen-bond donors (Lipinski definition) is 2. The van der Waals surface area contributed by atoms with Crippen LogP contribution in [0, 0.1) is 0 Å². The zero-order valence-corrected chi connectivity index (χ0v) is 9.89. The van der Waals surface area contributed by atoms with Crippen molar-refractivity contribution < 1.29 is 24.6 Å². The first kappa shape index (κ1) is 14.7. The van der Waals surface area contributed by atoms with E-state index in [1.54, 1.807) is 20.8 Å². The van der Waals surface area contributed by atoms with E-state index in [9.17, 15) is 14.8 Å². The SMILES string of the molecule is CC(C)(C)OC(=O)N(O)CCCCC(=O)O. The van der Waals surface area contributed by atoms with Crippen LogP contribution in [0.1, 0.15) is 40.0 Å². The number of carbonyl (C=O) groups is 2. The first-order valence-corrected chi connectivity index (χ1v) is 5.13. The van der Waals surface area contributed by atoms with Crippen molar-refractivity contribution in [3.8, 4) is 0 Å². The summed E-state index contributed by atoms with van der Waals surface area (Å²) in [7, 11) is 0. The van der Waals surface area contributed by atoms with Crippen LogP contribution in [0.2, 0.25) is 0 Å². The van der Waals surface area contributed by atoms with Crippen LogP contribution in [0.25, 0.3) is 0 Å². The van der Waals surface area contributed by atoms with Crippen molar-refractivity contribution in [2.24, 2.45) is 0 Å². The number of hydroxylamine groups is 2. The fraction of sp³-hybridized carbons (Fsp3) is 0.800. The van der Waals surface area contributed by atoms with Gasteiger partial charge in [-0.05, 0) is 33.6 Å². The Kier molecular flexibility index (Phi) is 5.81. The minimum Gasteiger partial charge on any atom is -0.481 e. The van der Waals surface area contributed by atoms with Gasteiger partial charge in [-0.15, -0.1) is 0 Å². The highest BCUT2D eigenvalue weighted by Gasteiger charge is 2.20. The molecule has 0 aromatic carbocycles. The molecule has 0 atom stereocenters. The van der Waals surface area contributed by atoms with Gasteiger partial charge in [0.1, 0.15) is 5.60 Å². The highest BCUT2D eigenvalue weighted by molar-refractivity contribution is 5.67. The van der Waals surface area contributed by atoms with Gasteiger partial charge < -0.3 is 9.84 Å². The monoisotopic (exact) mass is 233 g/mol. The normalized spacial score (nSPS) is 11.0. The van der Waals surface area contributed by atoms with Crippen molar-refractivity contribution in [1.29, 1.82) is 0 Å². The molecule has 0 radical (unpaired) electrons. The molecule has 0 spiro atoms. The lowest BCUT2D eigenvalue weighted by Crippen LogP contribution is -2.35. The number of unbranched alkanes of at least 4 members (excludes halogenated alkanes) is 1. The van der Waals surface area contributed by atoms with Gasteiger partial charge in [-0.25, -0.2) is 4.79 Å². The van der Waals surface area contributed by atoms with Crippen LogP contribution in [-0.4, -0.2) is 39.6 Å². The maximum absolute atomic E-state index is 11.2. The minimum absolute atomic E-state index is 0.0299. The largest absolute Gasteiger partial charge is 0.481 e. The average Bonchev–Trinajstić information content (AvgIpc) is 2.08. The first-order chi connectivity index (χ1) is 7.22. The summed E-state index contributed by atoms with van der Waals surface area (Å²) >= 11 is 0. The highest BCUT2D eigenvalue weighted by atomic mass is 16.6. The third kappa shape index (κ3) is 8.05. The molecule has 6 heteroatoms. The number of aliphatic carboxylic acids is 1. The predicted molar refractivity (Wildman–Crippen MR) is 56.2 cm³/mol. The molecular formula is C10H19NO5. The molecule has 0 unspecified atom stereocenters. The van der Waals surface area contributed by atoms with Crippen molar-refractivity contribution in [2.75, 3.05) is 6.54 Å². The van der Waals surface area contributed by atoms with Crippen molar-refractivity contribution in [3.05, 3.63) is 0 Å². The first-order valence-electron chi connectivity index (χ1n) is 5.13. The Morgan fingerprint density at radius 2 is 1.81 bits per heavy atom. The quantitative estimate of drug-likeness (QED) is 0.430.